The maximum absolute atomic E-state index is 11.9. The van der Waals surface area contributed by atoms with Crippen LogP contribution in [0.1, 0.15) is 65.7 Å². The zero-order valence-corrected chi connectivity index (χ0v) is 15.3. The van der Waals surface area contributed by atoms with Gasteiger partial charge in [0.25, 0.3) is 0 Å². The molecule has 24 heavy (non-hydrogen) atoms. The number of carbonyl (C=O) groups is 1. The van der Waals surface area contributed by atoms with Crippen LogP contribution in [0.4, 0.5) is 0 Å². The van der Waals surface area contributed by atoms with Crippen molar-refractivity contribution in [2.24, 2.45) is 34.5 Å². The number of ketones is 1. The van der Waals surface area contributed by atoms with Gasteiger partial charge in [0.1, 0.15) is 0 Å². The lowest BCUT2D eigenvalue weighted by atomic mass is 9.46. The fraction of sp³-hybridized carbons (Fsp3) is 0.857. The minimum Gasteiger partial charge on any atom is -0.393 e. The molecule has 3 nitrogen and oxygen atoms in total. The van der Waals surface area contributed by atoms with Crippen LogP contribution in [0.2, 0.25) is 0 Å². The largest absolute Gasteiger partial charge is 0.393 e. The summed E-state index contributed by atoms with van der Waals surface area (Å²) in [6.07, 6.45) is 8.08. The van der Waals surface area contributed by atoms with E-state index in [4.69, 9.17) is 0 Å². The van der Waals surface area contributed by atoms with Crippen LogP contribution < -0.4 is 0 Å². The van der Waals surface area contributed by atoms with Gasteiger partial charge < -0.3 is 10.2 Å². The standard InChI is InChI=1S/C21H32O3/c1-12(22)16-6-7-17-15-5-4-13-10-14(23)8-9-20(13,2)18(15)11-19(24)21(16,17)3/h10,12,15-19,22,24H,4-9,11H2,1-3H3/t12?,15-,16+,17-,18-,19?,20-,21+/m0/s1. The number of aliphatic hydroxyl groups is 2. The van der Waals surface area contributed by atoms with Gasteiger partial charge in [0.05, 0.1) is 12.2 Å². The second-order valence-corrected chi connectivity index (χ2v) is 9.51. The van der Waals surface area contributed by atoms with Gasteiger partial charge in [-0.3, -0.25) is 4.79 Å². The van der Waals surface area contributed by atoms with E-state index < -0.39 is 0 Å². The van der Waals surface area contributed by atoms with Crippen molar-refractivity contribution < 1.29 is 15.0 Å². The third kappa shape index (κ3) is 2.07. The van der Waals surface area contributed by atoms with Crippen molar-refractivity contribution in [3.63, 3.8) is 0 Å². The Kier molecular flexibility index (Phi) is 3.78. The minimum absolute atomic E-state index is 0.0993. The molecule has 0 aliphatic heterocycles. The Hall–Kier alpha value is -0.670. The van der Waals surface area contributed by atoms with Crippen molar-refractivity contribution in [1.29, 1.82) is 0 Å². The average molecular weight is 332 g/mol. The summed E-state index contributed by atoms with van der Waals surface area (Å²) < 4.78 is 0. The highest BCUT2D eigenvalue weighted by atomic mass is 16.3. The Labute approximate surface area is 145 Å². The smallest absolute Gasteiger partial charge is 0.155 e. The van der Waals surface area contributed by atoms with E-state index in [1.807, 2.05) is 13.0 Å². The molecule has 4 aliphatic rings. The monoisotopic (exact) mass is 332 g/mol. The Bertz CT molecular complexity index is 580. The Balaban J connectivity index is 1.70. The van der Waals surface area contributed by atoms with Crippen LogP contribution in [0, 0.1) is 34.5 Å². The highest BCUT2D eigenvalue weighted by molar-refractivity contribution is 5.91. The first-order valence-electron chi connectivity index (χ1n) is 9.88. The van der Waals surface area contributed by atoms with Crippen LogP contribution in [-0.2, 0) is 4.79 Å². The van der Waals surface area contributed by atoms with Gasteiger partial charge >= 0.3 is 0 Å². The number of hydrogen-bond acceptors (Lipinski definition) is 3. The summed E-state index contributed by atoms with van der Waals surface area (Å²) in [7, 11) is 0. The van der Waals surface area contributed by atoms with Crippen molar-refractivity contribution in [2.45, 2.75) is 77.9 Å². The van der Waals surface area contributed by atoms with Gasteiger partial charge in [-0.1, -0.05) is 19.4 Å². The first kappa shape index (κ1) is 16.8. The van der Waals surface area contributed by atoms with Gasteiger partial charge in [0.2, 0.25) is 0 Å². The van der Waals surface area contributed by atoms with E-state index in [9.17, 15) is 15.0 Å². The summed E-state index contributed by atoms with van der Waals surface area (Å²) in [5.41, 5.74) is 1.31. The lowest BCUT2D eigenvalue weighted by Crippen LogP contribution is -2.57. The zero-order chi connectivity index (χ0) is 17.3. The van der Waals surface area contributed by atoms with E-state index >= 15 is 0 Å². The molecule has 2 unspecified atom stereocenters. The molecule has 0 bridgehead atoms. The topological polar surface area (TPSA) is 57.5 Å². The molecule has 3 saturated carbocycles. The quantitative estimate of drug-likeness (QED) is 0.773. The van der Waals surface area contributed by atoms with Crippen LogP contribution in [0.3, 0.4) is 0 Å². The third-order valence-corrected chi connectivity index (χ3v) is 8.72. The van der Waals surface area contributed by atoms with E-state index in [1.165, 1.54) is 5.57 Å². The molecule has 2 N–H and O–H groups in total. The van der Waals surface area contributed by atoms with Gasteiger partial charge in [-0.2, -0.15) is 0 Å². The van der Waals surface area contributed by atoms with E-state index in [0.717, 1.165) is 38.5 Å². The molecule has 0 amide bonds. The Morgan fingerprint density at radius 3 is 2.62 bits per heavy atom. The number of aliphatic hydroxyl groups excluding tert-OH is 2. The highest BCUT2D eigenvalue weighted by Crippen LogP contribution is 2.66. The van der Waals surface area contributed by atoms with E-state index in [1.54, 1.807) is 0 Å². The molecule has 0 aromatic heterocycles. The first-order valence-corrected chi connectivity index (χ1v) is 9.88. The van der Waals surface area contributed by atoms with Crippen molar-refractivity contribution in [1.82, 2.24) is 0 Å². The summed E-state index contributed by atoms with van der Waals surface area (Å²) in [6.45, 7) is 6.48. The van der Waals surface area contributed by atoms with E-state index in [0.29, 0.717) is 24.2 Å². The normalized spacial score (nSPS) is 52.1. The molecular weight excluding hydrogens is 300 g/mol. The highest BCUT2D eigenvalue weighted by Gasteiger charge is 2.62. The van der Waals surface area contributed by atoms with Gasteiger partial charge in [0, 0.05) is 11.8 Å². The number of fused-ring (bicyclic) bond motifs is 5. The second-order valence-electron chi connectivity index (χ2n) is 9.51. The van der Waals surface area contributed by atoms with Crippen molar-refractivity contribution in [3.8, 4) is 0 Å². The fourth-order valence-electron chi connectivity index (χ4n) is 7.35. The maximum atomic E-state index is 11.9. The predicted molar refractivity (Wildman–Crippen MR) is 93.3 cm³/mol. The molecule has 134 valence electrons. The summed E-state index contributed by atoms with van der Waals surface area (Å²) in [4.78, 5) is 11.9. The van der Waals surface area contributed by atoms with Crippen LogP contribution >= 0.6 is 0 Å². The molecular formula is C21H32O3. The summed E-state index contributed by atoms with van der Waals surface area (Å²) in [6, 6.07) is 0. The molecule has 0 spiro atoms. The van der Waals surface area contributed by atoms with Crippen molar-refractivity contribution in [2.75, 3.05) is 0 Å². The number of hydrogen-bond donors (Lipinski definition) is 2. The molecule has 8 atom stereocenters. The Morgan fingerprint density at radius 2 is 1.92 bits per heavy atom. The molecule has 3 fully saturated rings. The van der Waals surface area contributed by atoms with Crippen molar-refractivity contribution >= 4 is 5.78 Å². The molecule has 0 aromatic carbocycles. The average Bonchev–Trinajstić information content (AvgIpc) is 2.88. The fourth-order valence-corrected chi connectivity index (χ4v) is 7.35. The lowest BCUT2D eigenvalue weighted by molar-refractivity contribution is -0.147. The predicted octanol–water partition coefficient (Wildman–Crippen LogP) is 3.49. The number of allylic oxidation sites excluding steroid dienone is 1. The summed E-state index contributed by atoms with van der Waals surface area (Å²) in [5.74, 6) is 2.15. The summed E-state index contributed by atoms with van der Waals surface area (Å²) >= 11 is 0. The molecule has 0 heterocycles. The second kappa shape index (κ2) is 5.41. The lowest BCUT2D eigenvalue weighted by Gasteiger charge is -2.60. The van der Waals surface area contributed by atoms with Crippen LogP contribution in [0.5, 0.6) is 0 Å². The first-order chi connectivity index (χ1) is 11.3. The zero-order valence-electron chi connectivity index (χ0n) is 15.3. The minimum atomic E-state index is -0.340. The molecule has 3 heteroatoms. The molecule has 4 aliphatic carbocycles. The third-order valence-electron chi connectivity index (χ3n) is 8.72. The van der Waals surface area contributed by atoms with Gasteiger partial charge in [-0.25, -0.2) is 0 Å². The summed E-state index contributed by atoms with van der Waals surface area (Å²) in [5, 5.41) is 21.4. The number of rotatable bonds is 1. The van der Waals surface area contributed by atoms with E-state index in [-0.39, 0.29) is 34.7 Å². The van der Waals surface area contributed by atoms with Crippen LogP contribution in [0.15, 0.2) is 11.6 Å². The van der Waals surface area contributed by atoms with Crippen molar-refractivity contribution in [3.05, 3.63) is 11.6 Å². The molecule has 0 aromatic rings. The van der Waals surface area contributed by atoms with Gasteiger partial charge in [0.15, 0.2) is 5.78 Å². The van der Waals surface area contributed by atoms with Crippen LogP contribution in [-0.4, -0.2) is 28.2 Å². The van der Waals surface area contributed by atoms with E-state index in [2.05, 4.69) is 13.8 Å². The molecule has 4 rings (SSSR count). The van der Waals surface area contributed by atoms with Gasteiger partial charge in [-0.15, -0.1) is 0 Å². The molecule has 0 saturated heterocycles. The number of carbonyl (C=O) groups excluding carboxylic acids is 1. The van der Waals surface area contributed by atoms with Gasteiger partial charge in [-0.05, 0) is 80.6 Å². The Morgan fingerprint density at radius 1 is 1.17 bits per heavy atom. The molecule has 0 radical (unpaired) electrons. The maximum Gasteiger partial charge on any atom is 0.155 e. The van der Waals surface area contributed by atoms with Crippen LogP contribution in [0.25, 0.3) is 0 Å². The SMILES string of the molecule is CC(O)[C@H]1CC[C@H]2[C@@H]3CCC4=CC(=O)CC[C@]4(C)[C@H]3CC(O)[C@]12C.